The van der Waals surface area contributed by atoms with E-state index in [4.69, 9.17) is 0 Å². The van der Waals surface area contributed by atoms with E-state index in [2.05, 4.69) is 21.7 Å². The second kappa shape index (κ2) is 5.53. The molecule has 1 amide bonds. The van der Waals surface area contributed by atoms with Crippen molar-refractivity contribution in [3.05, 3.63) is 40.7 Å². The fourth-order valence-corrected chi connectivity index (χ4v) is 2.73. The lowest BCUT2D eigenvalue weighted by atomic mass is 10.1. The number of rotatable bonds is 5. The van der Waals surface area contributed by atoms with E-state index in [1.165, 1.54) is 12.8 Å². The molecule has 19 heavy (non-hydrogen) atoms. The number of nitrogens with zero attached hydrogens (tertiary/aromatic N) is 1. The van der Waals surface area contributed by atoms with Crippen LogP contribution < -0.4 is 5.32 Å². The molecule has 98 valence electrons. The monoisotopic (exact) mass is 272 g/mol. The van der Waals surface area contributed by atoms with E-state index in [1.807, 2.05) is 17.5 Å². The summed E-state index contributed by atoms with van der Waals surface area (Å²) < 4.78 is 0. The minimum Gasteiger partial charge on any atom is -0.352 e. The van der Waals surface area contributed by atoms with Crippen LogP contribution in [-0.4, -0.2) is 10.9 Å². The fourth-order valence-electron chi connectivity index (χ4n) is 2.09. The van der Waals surface area contributed by atoms with E-state index in [-0.39, 0.29) is 5.91 Å². The van der Waals surface area contributed by atoms with Crippen LogP contribution in [0, 0.1) is 5.92 Å². The Hall–Kier alpha value is -1.68. The molecule has 3 nitrogen and oxygen atoms in total. The Bertz CT molecular complexity index is 561. The van der Waals surface area contributed by atoms with Crippen molar-refractivity contribution in [2.75, 3.05) is 0 Å². The van der Waals surface area contributed by atoms with Crippen LogP contribution in [0.2, 0.25) is 0 Å². The molecule has 0 unspecified atom stereocenters. The quantitative estimate of drug-likeness (QED) is 0.908. The number of amides is 1. The Kier molecular flexibility index (Phi) is 3.60. The second-order valence-corrected chi connectivity index (χ2v) is 5.73. The van der Waals surface area contributed by atoms with Gasteiger partial charge in [0.2, 0.25) is 5.91 Å². The average molecular weight is 272 g/mol. The number of pyridine rings is 1. The van der Waals surface area contributed by atoms with Crippen molar-refractivity contribution in [3.63, 3.8) is 0 Å². The molecular weight excluding hydrogens is 256 g/mol. The number of nitrogens with one attached hydrogen (secondary N) is 1. The number of hydrogen-bond donors (Lipinski definition) is 1. The lowest BCUT2D eigenvalue weighted by Gasteiger charge is -2.08. The summed E-state index contributed by atoms with van der Waals surface area (Å²) in [7, 11) is 0. The number of hydrogen-bond acceptors (Lipinski definition) is 3. The van der Waals surface area contributed by atoms with Gasteiger partial charge in [-0.1, -0.05) is 6.07 Å². The van der Waals surface area contributed by atoms with Crippen molar-refractivity contribution in [2.45, 2.75) is 25.8 Å². The van der Waals surface area contributed by atoms with Gasteiger partial charge in [0.05, 0.1) is 5.69 Å². The normalized spacial score (nSPS) is 14.3. The molecule has 2 aromatic heterocycles. The Labute approximate surface area is 116 Å². The van der Waals surface area contributed by atoms with Crippen molar-refractivity contribution in [3.8, 4) is 11.3 Å². The van der Waals surface area contributed by atoms with Crippen molar-refractivity contribution in [2.24, 2.45) is 5.92 Å². The summed E-state index contributed by atoms with van der Waals surface area (Å²) in [6, 6.07) is 6.00. The van der Waals surface area contributed by atoms with Gasteiger partial charge in [-0.25, -0.2) is 0 Å². The summed E-state index contributed by atoms with van der Waals surface area (Å²) in [6.45, 7) is 0.560. The first-order valence-corrected chi connectivity index (χ1v) is 7.50. The number of carbonyl (C=O) groups is 1. The van der Waals surface area contributed by atoms with Crippen molar-refractivity contribution >= 4 is 17.2 Å². The largest absolute Gasteiger partial charge is 0.352 e. The van der Waals surface area contributed by atoms with Gasteiger partial charge in [-0.05, 0) is 41.8 Å². The number of thiophene rings is 1. The second-order valence-electron chi connectivity index (χ2n) is 4.95. The van der Waals surface area contributed by atoms with Crippen molar-refractivity contribution < 1.29 is 4.79 Å². The van der Waals surface area contributed by atoms with Gasteiger partial charge >= 0.3 is 0 Å². The highest BCUT2D eigenvalue weighted by Gasteiger charge is 2.24. The topological polar surface area (TPSA) is 42.0 Å². The van der Waals surface area contributed by atoms with Gasteiger partial charge < -0.3 is 5.32 Å². The first-order chi connectivity index (χ1) is 9.33. The van der Waals surface area contributed by atoms with E-state index in [9.17, 15) is 4.79 Å². The van der Waals surface area contributed by atoms with Gasteiger partial charge in [-0.3, -0.25) is 9.78 Å². The van der Waals surface area contributed by atoms with Crippen LogP contribution in [0.25, 0.3) is 11.3 Å². The third-order valence-electron chi connectivity index (χ3n) is 3.33. The smallest absolute Gasteiger partial charge is 0.220 e. The van der Waals surface area contributed by atoms with Gasteiger partial charge in [0.1, 0.15) is 0 Å². The molecule has 0 atom stereocenters. The van der Waals surface area contributed by atoms with Crippen molar-refractivity contribution in [1.82, 2.24) is 10.3 Å². The molecule has 1 aliphatic carbocycles. The van der Waals surface area contributed by atoms with Gasteiger partial charge in [0, 0.05) is 30.1 Å². The molecule has 2 heterocycles. The molecule has 0 radical (unpaired) electrons. The van der Waals surface area contributed by atoms with Crippen LogP contribution in [-0.2, 0) is 11.3 Å². The van der Waals surface area contributed by atoms with Crippen LogP contribution in [0.15, 0.2) is 35.2 Å². The zero-order chi connectivity index (χ0) is 13.1. The molecular formula is C15H16N2OS. The maximum Gasteiger partial charge on any atom is 0.220 e. The Morgan fingerprint density at radius 3 is 3.05 bits per heavy atom. The Morgan fingerprint density at radius 2 is 2.32 bits per heavy atom. The summed E-state index contributed by atoms with van der Waals surface area (Å²) in [5.41, 5.74) is 3.16. The third-order valence-corrected chi connectivity index (χ3v) is 4.02. The highest BCUT2D eigenvalue weighted by Crippen LogP contribution is 2.32. The standard InChI is InChI=1S/C15H16N2OS/c18-14(8-11-3-4-11)17-9-12-2-1-6-16-15(12)13-5-7-19-10-13/h1-2,5-7,10-11H,3-4,8-9H2,(H,17,18). The first kappa shape index (κ1) is 12.4. The highest BCUT2D eigenvalue weighted by molar-refractivity contribution is 7.08. The van der Waals surface area contributed by atoms with Gasteiger partial charge in [0.15, 0.2) is 0 Å². The molecule has 1 saturated carbocycles. The van der Waals surface area contributed by atoms with E-state index < -0.39 is 0 Å². The van der Waals surface area contributed by atoms with Crippen LogP contribution in [0.4, 0.5) is 0 Å². The minimum absolute atomic E-state index is 0.155. The summed E-state index contributed by atoms with van der Waals surface area (Å²) in [5.74, 6) is 0.785. The zero-order valence-corrected chi connectivity index (χ0v) is 11.5. The predicted octanol–water partition coefficient (Wildman–Crippen LogP) is 3.23. The molecule has 1 aliphatic rings. The lowest BCUT2D eigenvalue weighted by molar-refractivity contribution is -0.121. The zero-order valence-electron chi connectivity index (χ0n) is 10.6. The molecule has 1 N–H and O–H groups in total. The molecule has 0 bridgehead atoms. The maximum atomic E-state index is 11.7. The van der Waals surface area contributed by atoms with Gasteiger partial charge in [-0.2, -0.15) is 11.3 Å². The molecule has 2 aromatic rings. The van der Waals surface area contributed by atoms with Crippen LogP contribution in [0.5, 0.6) is 0 Å². The highest BCUT2D eigenvalue weighted by atomic mass is 32.1. The number of carbonyl (C=O) groups excluding carboxylic acids is 1. The molecule has 3 rings (SSSR count). The summed E-state index contributed by atoms with van der Waals surface area (Å²) in [6.07, 6.45) is 4.89. The third kappa shape index (κ3) is 3.20. The first-order valence-electron chi connectivity index (χ1n) is 6.56. The predicted molar refractivity (Wildman–Crippen MR) is 76.7 cm³/mol. The van der Waals surface area contributed by atoms with Crippen LogP contribution >= 0.6 is 11.3 Å². The van der Waals surface area contributed by atoms with E-state index in [1.54, 1.807) is 17.5 Å². The van der Waals surface area contributed by atoms with E-state index in [0.29, 0.717) is 18.9 Å². The number of aromatic nitrogens is 1. The van der Waals surface area contributed by atoms with Gasteiger partial charge in [-0.15, -0.1) is 0 Å². The molecule has 0 aliphatic heterocycles. The van der Waals surface area contributed by atoms with Crippen molar-refractivity contribution in [1.29, 1.82) is 0 Å². The lowest BCUT2D eigenvalue weighted by Crippen LogP contribution is -2.23. The summed E-state index contributed by atoms with van der Waals surface area (Å²) >= 11 is 1.66. The molecule has 1 fully saturated rings. The minimum atomic E-state index is 0.155. The SMILES string of the molecule is O=C(CC1CC1)NCc1cccnc1-c1ccsc1. The average Bonchev–Trinajstić information content (AvgIpc) is 3.07. The Balaban J connectivity index is 1.68. The van der Waals surface area contributed by atoms with Crippen LogP contribution in [0.3, 0.4) is 0 Å². The van der Waals surface area contributed by atoms with Crippen LogP contribution in [0.1, 0.15) is 24.8 Å². The summed E-state index contributed by atoms with van der Waals surface area (Å²) in [4.78, 5) is 16.2. The van der Waals surface area contributed by atoms with E-state index >= 15 is 0 Å². The fraction of sp³-hybridized carbons (Fsp3) is 0.333. The molecule has 0 aromatic carbocycles. The molecule has 4 heteroatoms. The maximum absolute atomic E-state index is 11.7. The molecule has 0 spiro atoms. The Morgan fingerprint density at radius 1 is 1.42 bits per heavy atom. The van der Waals surface area contributed by atoms with Gasteiger partial charge in [0.25, 0.3) is 0 Å². The van der Waals surface area contributed by atoms with E-state index in [0.717, 1.165) is 16.8 Å². The molecule has 0 saturated heterocycles. The summed E-state index contributed by atoms with van der Waals surface area (Å²) in [5, 5.41) is 7.12.